The molecule has 0 saturated heterocycles. The van der Waals surface area contributed by atoms with E-state index < -0.39 is 0 Å². The van der Waals surface area contributed by atoms with Gasteiger partial charge in [0.05, 0.1) is 0 Å². The van der Waals surface area contributed by atoms with E-state index in [1.54, 1.807) is 0 Å². The molecule has 1 rings (SSSR count). The van der Waals surface area contributed by atoms with Gasteiger partial charge >= 0.3 is 0 Å². The quantitative estimate of drug-likeness (QED) is 0.757. The van der Waals surface area contributed by atoms with Crippen LogP contribution >= 0.6 is 0 Å². The maximum absolute atomic E-state index is 11.3. The molecule has 88 valence electrons. The van der Waals surface area contributed by atoms with Crippen LogP contribution in [0.15, 0.2) is 12.1 Å². The minimum atomic E-state index is -0.122. The van der Waals surface area contributed by atoms with Crippen LogP contribution in [0.25, 0.3) is 0 Å². The number of nitrogen functional groups attached to an aromatic ring is 1. The van der Waals surface area contributed by atoms with E-state index in [0.29, 0.717) is 18.0 Å². The molecule has 0 unspecified atom stereocenters. The Hall–Kier alpha value is -1.71. The molecule has 0 aromatic heterocycles. The van der Waals surface area contributed by atoms with Gasteiger partial charge in [0, 0.05) is 17.8 Å². The first-order chi connectivity index (χ1) is 7.56. The Labute approximate surface area is 95.8 Å². The fraction of sp³-hybridized carbons (Fsp3) is 0.417. The van der Waals surface area contributed by atoms with E-state index in [0.717, 1.165) is 11.1 Å². The van der Waals surface area contributed by atoms with Crippen LogP contribution in [0, 0.1) is 13.8 Å². The van der Waals surface area contributed by atoms with Crippen LogP contribution in [0.5, 0.6) is 5.75 Å². The molecule has 0 bridgehead atoms. The molecule has 4 heteroatoms. The van der Waals surface area contributed by atoms with Crippen LogP contribution < -0.4 is 15.8 Å². The van der Waals surface area contributed by atoms with Gasteiger partial charge in [-0.1, -0.05) is 6.07 Å². The van der Waals surface area contributed by atoms with E-state index >= 15 is 0 Å². The second-order valence-corrected chi connectivity index (χ2v) is 3.67. The summed E-state index contributed by atoms with van der Waals surface area (Å²) in [5, 5.41) is 2.67. The molecule has 0 spiro atoms. The highest BCUT2D eigenvalue weighted by molar-refractivity contribution is 5.77. The van der Waals surface area contributed by atoms with Crippen molar-refractivity contribution in [3.8, 4) is 5.75 Å². The Morgan fingerprint density at radius 1 is 1.44 bits per heavy atom. The molecule has 1 aromatic carbocycles. The van der Waals surface area contributed by atoms with E-state index in [9.17, 15) is 4.79 Å². The minimum absolute atomic E-state index is 0.0268. The van der Waals surface area contributed by atoms with Gasteiger partial charge in [0.15, 0.2) is 6.61 Å². The molecule has 3 N–H and O–H groups in total. The molecule has 0 heterocycles. The van der Waals surface area contributed by atoms with Crippen molar-refractivity contribution >= 4 is 11.6 Å². The van der Waals surface area contributed by atoms with Crippen LogP contribution in [-0.4, -0.2) is 19.1 Å². The highest BCUT2D eigenvalue weighted by Crippen LogP contribution is 2.27. The summed E-state index contributed by atoms with van der Waals surface area (Å²) in [4.78, 5) is 11.3. The lowest BCUT2D eigenvalue weighted by Gasteiger charge is -2.13. The number of anilines is 1. The standard InChI is InChI=1S/C12H18N2O2/c1-4-14-11(15)7-16-12-8(2)5-6-10(13)9(12)3/h5-6H,4,7,13H2,1-3H3,(H,14,15). The number of amides is 1. The number of hydrogen-bond donors (Lipinski definition) is 2. The van der Waals surface area contributed by atoms with E-state index in [1.165, 1.54) is 0 Å². The van der Waals surface area contributed by atoms with E-state index in [-0.39, 0.29) is 12.5 Å². The normalized spacial score (nSPS) is 9.94. The number of nitrogens with two attached hydrogens (primary N) is 1. The van der Waals surface area contributed by atoms with Gasteiger partial charge in [0.2, 0.25) is 0 Å². The smallest absolute Gasteiger partial charge is 0.257 e. The largest absolute Gasteiger partial charge is 0.483 e. The number of ether oxygens (including phenoxy) is 1. The summed E-state index contributed by atoms with van der Waals surface area (Å²) >= 11 is 0. The maximum Gasteiger partial charge on any atom is 0.257 e. The number of carbonyl (C=O) groups excluding carboxylic acids is 1. The highest BCUT2D eigenvalue weighted by Gasteiger charge is 2.08. The predicted octanol–water partition coefficient (Wildman–Crippen LogP) is 1.40. The third kappa shape index (κ3) is 2.89. The Morgan fingerprint density at radius 2 is 2.12 bits per heavy atom. The van der Waals surface area contributed by atoms with Crippen LogP contribution in [0.4, 0.5) is 5.69 Å². The fourth-order valence-electron chi connectivity index (χ4n) is 1.45. The third-order valence-electron chi connectivity index (χ3n) is 2.37. The monoisotopic (exact) mass is 222 g/mol. The van der Waals surface area contributed by atoms with Crippen molar-refractivity contribution in [2.75, 3.05) is 18.9 Å². The first kappa shape index (κ1) is 12.4. The van der Waals surface area contributed by atoms with Crippen LogP contribution in [0.1, 0.15) is 18.1 Å². The van der Waals surface area contributed by atoms with Crippen molar-refractivity contribution in [2.45, 2.75) is 20.8 Å². The van der Waals surface area contributed by atoms with Crippen molar-refractivity contribution < 1.29 is 9.53 Å². The molecule has 0 atom stereocenters. The average Bonchev–Trinajstić information content (AvgIpc) is 2.24. The van der Waals surface area contributed by atoms with Crippen molar-refractivity contribution in [3.05, 3.63) is 23.3 Å². The van der Waals surface area contributed by atoms with Crippen molar-refractivity contribution in [2.24, 2.45) is 0 Å². The number of rotatable bonds is 4. The topological polar surface area (TPSA) is 64.3 Å². The molecular weight excluding hydrogens is 204 g/mol. The molecule has 16 heavy (non-hydrogen) atoms. The molecule has 4 nitrogen and oxygen atoms in total. The molecular formula is C12H18N2O2. The fourth-order valence-corrected chi connectivity index (χ4v) is 1.45. The van der Waals surface area contributed by atoms with Gasteiger partial charge in [-0.2, -0.15) is 0 Å². The van der Waals surface area contributed by atoms with E-state index in [2.05, 4.69) is 5.32 Å². The van der Waals surface area contributed by atoms with Gasteiger partial charge in [-0.3, -0.25) is 4.79 Å². The lowest BCUT2D eigenvalue weighted by atomic mass is 10.1. The molecule has 1 aromatic rings. The number of likely N-dealkylation sites (N-methyl/N-ethyl adjacent to an activating group) is 1. The number of carbonyl (C=O) groups is 1. The number of aryl methyl sites for hydroxylation is 1. The van der Waals surface area contributed by atoms with Crippen molar-refractivity contribution in [1.29, 1.82) is 0 Å². The van der Waals surface area contributed by atoms with Crippen LogP contribution in [0.2, 0.25) is 0 Å². The first-order valence-electron chi connectivity index (χ1n) is 5.31. The average molecular weight is 222 g/mol. The second-order valence-electron chi connectivity index (χ2n) is 3.67. The zero-order chi connectivity index (χ0) is 12.1. The summed E-state index contributed by atoms with van der Waals surface area (Å²) in [6.45, 7) is 6.32. The lowest BCUT2D eigenvalue weighted by molar-refractivity contribution is -0.122. The van der Waals surface area contributed by atoms with Gasteiger partial charge in [-0.25, -0.2) is 0 Å². The third-order valence-corrected chi connectivity index (χ3v) is 2.37. The maximum atomic E-state index is 11.3. The van der Waals surface area contributed by atoms with Gasteiger partial charge in [-0.05, 0) is 32.4 Å². The Bertz CT molecular complexity index is 389. The molecule has 0 fully saturated rings. The van der Waals surface area contributed by atoms with E-state index in [1.807, 2.05) is 32.9 Å². The molecule has 0 radical (unpaired) electrons. The van der Waals surface area contributed by atoms with Crippen LogP contribution in [-0.2, 0) is 4.79 Å². The SMILES string of the molecule is CCNC(=O)COc1c(C)ccc(N)c1C. The molecule has 0 aliphatic rings. The van der Waals surface area contributed by atoms with Gasteiger partial charge in [0.1, 0.15) is 5.75 Å². The molecule has 1 amide bonds. The molecule has 0 aliphatic carbocycles. The second kappa shape index (κ2) is 5.39. The number of benzene rings is 1. The predicted molar refractivity (Wildman–Crippen MR) is 64.5 cm³/mol. The lowest BCUT2D eigenvalue weighted by Crippen LogP contribution is -2.28. The Morgan fingerprint density at radius 3 is 2.75 bits per heavy atom. The zero-order valence-electron chi connectivity index (χ0n) is 9.96. The molecule has 0 aliphatic heterocycles. The van der Waals surface area contributed by atoms with Crippen molar-refractivity contribution in [3.63, 3.8) is 0 Å². The Balaban J connectivity index is 2.74. The minimum Gasteiger partial charge on any atom is -0.483 e. The summed E-state index contributed by atoms with van der Waals surface area (Å²) in [6.07, 6.45) is 0. The summed E-state index contributed by atoms with van der Waals surface area (Å²) in [7, 11) is 0. The summed E-state index contributed by atoms with van der Waals surface area (Å²) < 4.78 is 5.47. The van der Waals surface area contributed by atoms with Gasteiger partial charge in [0.25, 0.3) is 5.91 Å². The zero-order valence-corrected chi connectivity index (χ0v) is 9.96. The highest BCUT2D eigenvalue weighted by atomic mass is 16.5. The summed E-state index contributed by atoms with van der Waals surface area (Å²) in [5.74, 6) is 0.579. The van der Waals surface area contributed by atoms with Gasteiger partial charge < -0.3 is 15.8 Å². The first-order valence-corrected chi connectivity index (χ1v) is 5.31. The van der Waals surface area contributed by atoms with Gasteiger partial charge in [-0.15, -0.1) is 0 Å². The van der Waals surface area contributed by atoms with E-state index in [4.69, 9.17) is 10.5 Å². The van der Waals surface area contributed by atoms with Crippen LogP contribution in [0.3, 0.4) is 0 Å². The number of hydrogen-bond acceptors (Lipinski definition) is 3. The Kier molecular flexibility index (Phi) is 4.17. The number of nitrogens with one attached hydrogen (secondary N) is 1. The molecule has 0 saturated carbocycles. The summed E-state index contributed by atoms with van der Waals surface area (Å²) in [6, 6.07) is 3.72. The van der Waals surface area contributed by atoms with Crippen molar-refractivity contribution in [1.82, 2.24) is 5.32 Å². The summed E-state index contributed by atoms with van der Waals surface area (Å²) in [5.41, 5.74) is 8.31.